The van der Waals surface area contributed by atoms with Crippen LogP contribution in [0.1, 0.15) is 70.0 Å². The van der Waals surface area contributed by atoms with Crippen LogP contribution in [-0.4, -0.2) is 106 Å². The number of nitriles is 1. The number of hydrogen-bond donors (Lipinski definition) is 3. The molecule has 0 saturated carbocycles. The largest absolute Gasteiger partial charge is 0.414 e. The normalized spacial score (nSPS) is 19.5. The van der Waals surface area contributed by atoms with Crippen LogP contribution in [0, 0.1) is 18.3 Å². The lowest BCUT2D eigenvalue weighted by Crippen LogP contribution is -2.59. The van der Waals surface area contributed by atoms with Gasteiger partial charge in [0.05, 0.1) is 17.5 Å². The van der Waals surface area contributed by atoms with Crippen molar-refractivity contribution < 1.29 is 55.9 Å². The van der Waals surface area contributed by atoms with Gasteiger partial charge in [-0.1, -0.05) is 66.2 Å². The number of carbonyl (C=O) groups is 1. The average molecular weight is 985 g/mol. The predicted octanol–water partition coefficient (Wildman–Crippen LogP) is 9.16. The SMILES string of the molecule is CCn1cc(-c2ccc(CC(CCO)N(C(=O)C3=CC(Cl)(C#N)C(OC(C)C(F)(F)F)(OC(C)C(F)(F)F)C=C3)C(CCO)Cc3ccc(-c4cn5cccc(C)c5n4)cc3)cc2)nc1C(C)(C)O. The van der Waals surface area contributed by atoms with Crippen molar-refractivity contribution in [2.45, 2.75) is 127 Å². The molecule has 0 spiro atoms. The second-order valence-electron chi connectivity index (χ2n) is 17.7. The van der Waals surface area contributed by atoms with Crippen molar-refractivity contribution in [3.63, 3.8) is 0 Å². The number of nitrogens with zero attached hydrogens (tertiary/aromatic N) is 6. The molecule has 3 N–H and O–H groups in total. The first-order chi connectivity index (χ1) is 32.4. The summed E-state index contributed by atoms with van der Waals surface area (Å²) in [6, 6.07) is 18.3. The first kappa shape index (κ1) is 52.8. The third-order valence-corrected chi connectivity index (χ3v) is 12.6. The van der Waals surface area contributed by atoms with Crippen LogP contribution >= 0.6 is 11.6 Å². The summed E-state index contributed by atoms with van der Waals surface area (Å²) in [7, 11) is 0. The van der Waals surface area contributed by atoms with E-state index in [2.05, 4.69) is 4.98 Å². The van der Waals surface area contributed by atoms with E-state index in [0.717, 1.165) is 40.1 Å². The van der Waals surface area contributed by atoms with Gasteiger partial charge in [-0.2, -0.15) is 31.6 Å². The summed E-state index contributed by atoms with van der Waals surface area (Å²) in [5.41, 5.74) is 4.41. The van der Waals surface area contributed by atoms with Crippen LogP contribution in [0.4, 0.5) is 26.3 Å². The molecule has 1 aliphatic rings. The van der Waals surface area contributed by atoms with Crippen LogP contribution in [0.25, 0.3) is 28.2 Å². The molecule has 3 aromatic heterocycles. The van der Waals surface area contributed by atoms with Crippen LogP contribution in [0.5, 0.6) is 0 Å². The van der Waals surface area contributed by atoms with Gasteiger partial charge >= 0.3 is 12.4 Å². The van der Waals surface area contributed by atoms with Crippen molar-refractivity contribution in [2.75, 3.05) is 13.2 Å². The van der Waals surface area contributed by atoms with E-state index in [1.165, 1.54) is 11.0 Å². The van der Waals surface area contributed by atoms with E-state index in [-0.39, 0.29) is 25.7 Å². The Bertz CT molecular complexity index is 2660. The van der Waals surface area contributed by atoms with E-state index >= 15 is 4.79 Å². The Morgan fingerprint density at radius 2 is 1.36 bits per heavy atom. The number of fused-ring (bicyclic) bond motifs is 1. The number of ether oxygens (including phenoxy) is 2. The van der Waals surface area contributed by atoms with E-state index in [4.69, 9.17) is 26.1 Å². The van der Waals surface area contributed by atoms with Gasteiger partial charge in [0.15, 0.2) is 12.2 Å². The van der Waals surface area contributed by atoms with Crippen molar-refractivity contribution in [2.24, 2.45) is 0 Å². The molecule has 5 unspecified atom stereocenters. The van der Waals surface area contributed by atoms with Gasteiger partial charge in [-0.15, -0.1) is 0 Å². The predicted molar refractivity (Wildman–Crippen MR) is 247 cm³/mol. The molecule has 2 aromatic carbocycles. The highest BCUT2D eigenvalue weighted by molar-refractivity contribution is 6.29. The van der Waals surface area contributed by atoms with Crippen LogP contribution < -0.4 is 0 Å². The summed E-state index contributed by atoms with van der Waals surface area (Å²) < 4.78 is 97.7. The third kappa shape index (κ3) is 11.7. The molecule has 370 valence electrons. The second-order valence-corrected chi connectivity index (χ2v) is 18.3. The zero-order valence-corrected chi connectivity index (χ0v) is 39.6. The van der Waals surface area contributed by atoms with Gasteiger partial charge in [0.1, 0.15) is 17.1 Å². The lowest BCUT2D eigenvalue weighted by Gasteiger charge is -2.44. The average Bonchev–Trinajstić information content (AvgIpc) is 3.94. The molecule has 6 rings (SSSR count). The molecule has 5 aromatic rings. The minimum absolute atomic E-state index is 0.0205. The van der Waals surface area contributed by atoms with Crippen molar-refractivity contribution in [3.8, 4) is 28.6 Å². The van der Waals surface area contributed by atoms with Gasteiger partial charge in [-0.05, 0) is 108 Å². The number of hydrogen-bond acceptors (Lipinski definition) is 9. The lowest BCUT2D eigenvalue weighted by atomic mass is 9.87. The maximum absolute atomic E-state index is 15.2. The number of carbonyl (C=O) groups excluding carboxylic acids is 1. The van der Waals surface area contributed by atoms with Crippen molar-refractivity contribution in [1.29, 1.82) is 5.26 Å². The molecule has 0 fully saturated rings. The Hall–Kier alpha value is -5.55. The molecule has 0 radical (unpaired) electrons. The van der Waals surface area contributed by atoms with E-state index < -0.39 is 77.6 Å². The number of benzene rings is 2. The van der Waals surface area contributed by atoms with Gasteiger partial charge in [0, 0.05) is 67.1 Å². The standard InChI is InChI=1S/C50H55ClF6N6O6/c1-7-61-28-42(60-45(61)46(5,6)67)37-16-12-35(13-17-37)26-40(20-24-65)63(39(19-23-64)25-34-10-14-36(15-11-34)41-29-62-22-8-9-31(2)43(62)59-41)44(66)38-18-21-48(47(51,27-38)30-58,68-32(3)49(52,53)54)69-33(4)50(55,56)57/h8-18,21-22,27-29,32-33,39-40,64-65,67H,7,19-20,23-26H2,1-6H3. The second kappa shape index (κ2) is 20.8. The number of aromatic nitrogens is 4. The van der Waals surface area contributed by atoms with Crippen molar-refractivity contribution >= 4 is 23.2 Å². The molecule has 0 bridgehead atoms. The highest BCUT2D eigenvalue weighted by Crippen LogP contribution is 2.46. The molecule has 1 aliphatic carbocycles. The van der Waals surface area contributed by atoms with Gasteiger partial charge < -0.3 is 38.7 Å². The maximum Gasteiger partial charge on any atom is 0.414 e. The Morgan fingerprint density at radius 3 is 1.78 bits per heavy atom. The van der Waals surface area contributed by atoms with Gasteiger partial charge in [-0.3, -0.25) is 4.79 Å². The number of amides is 1. The molecular formula is C50H55ClF6N6O6. The molecule has 1 amide bonds. The molecule has 19 heteroatoms. The number of alkyl halides is 7. The van der Waals surface area contributed by atoms with Crippen molar-refractivity contribution in [1.82, 2.24) is 23.8 Å². The van der Waals surface area contributed by atoms with Crippen molar-refractivity contribution in [3.05, 3.63) is 126 Å². The van der Waals surface area contributed by atoms with Crippen LogP contribution in [-0.2, 0) is 39.3 Å². The summed E-state index contributed by atoms with van der Waals surface area (Å²) in [5, 5.41) is 42.3. The highest BCUT2D eigenvalue weighted by atomic mass is 35.5. The highest BCUT2D eigenvalue weighted by Gasteiger charge is 2.59. The Morgan fingerprint density at radius 1 is 0.855 bits per heavy atom. The van der Waals surface area contributed by atoms with E-state index in [9.17, 15) is 46.9 Å². The van der Waals surface area contributed by atoms with E-state index in [1.807, 2.05) is 102 Å². The van der Waals surface area contributed by atoms with Crippen LogP contribution in [0.3, 0.4) is 0 Å². The lowest BCUT2D eigenvalue weighted by molar-refractivity contribution is -0.338. The van der Waals surface area contributed by atoms with Gasteiger partial charge in [0.25, 0.3) is 5.91 Å². The fourth-order valence-electron chi connectivity index (χ4n) is 8.36. The Kier molecular flexibility index (Phi) is 15.9. The summed E-state index contributed by atoms with van der Waals surface area (Å²) >= 11 is 6.71. The zero-order chi connectivity index (χ0) is 50.7. The van der Waals surface area contributed by atoms with Crippen LogP contribution in [0.2, 0.25) is 0 Å². The Balaban J connectivity index is 1.41. The maximum atomic E-state index is 15.2. The summed E-state index contributed by atoms with van der Waals surface area (Å²) in [6.45, 7) is 7.88. The van der Waals surface area contributed by atoms with E-state index in [1.54, 1.807) is 13.8 Å². The monoisotopic (exact) mass is 984 g/mol. The summed E-state index contributed by atoms with van der Waals surface area (Å²) in [4.78, 5) is 23.1. The fraction of sp³-hybridized carbons (Fsp3) is 0.440. The van der Waals surface area contributed by atoms with Gasteiger partial charge in [0.2, 0.25) is 10.7 Å². The third-order valence-electron chi connectivity index (χ3n) is 12.1. The summed E-state index contributed by atoms with van der Waals surface area (Å²) in [6.07, 6.45) is -7.81. The number of aryl methyl sites for hydroxylation is 2. The first-order valence-electron chi connectivity index (χ1n) is 22.4. The van der Waals surface area contributed by atoms with E-state index in [0.29, 0.717) is 49.2 Å². The first-order valence-corrected chi connectivity index (χ1v) is 22.7. The minimum atomic E-state index is -5.14. The molecule has 69 heavy (non-hydrogen) atoms. The molecular weight excluding hydrogens is 930 g/mol. The number of halogens is 7. The topological polar surface area (TPSA) is 158 Å². The molecule has 0 aliphatic heterocycles. The van der Waals surface area contributed by atoms with Crippen LogP contribution in [0.15, 0.2) is 103 Å². The zero-order valence-electron chi connectivity index (χ0n) is 38.9. The number of pyridine rings is 1. The molecule has 12 nitrogen and oxygen atoms in total. The quantitative estimate of drug-likeness (QED) is 0.0417. The molecule has 3 heterocycles. The smallest absolute Gasteiger partial charge is 0.396 e. The number of aliphatic hydroxyl groups excluding tert-OH is 2. The number of rotatable bonds is 19. The van der Waals surface area contributed by atoms with Gasteiger partial charge in [-0.25, -0.2) is 9.97 Å². The minimum Gasteiger partial charge on any atom is -0.396 e. The number of aliphatic hydroxyl groups is 3. The fourth-order valence-corrected chi connectivity index (χ4v) is 8.63. The molecule has 0 saturated heterocycles. The molecule has 5 atom stereocenters. The number of imidazole rings is 2. The Labute approximate surface area is 401 Å². The summed E-state index contributed by atoms with van der Waals surface area (Å²) in [5.74, 6) is -3.59.